The van der Waals surface area contributed by atoms with Crippen molar-refractivity contribution in [3.63, 3.8) is 0 Å². The Hall–Kier alpha value is -2.28. The molecule has 3 rings (SSSR count). The molecule has 0 aromatic carbocycles. The fourth-order valence-corrected chi connectivity index (χ4v) is 4.24. The molecule has 7 heteroatoms. The first-order valence-corrected chi connectivity index (χ1v) is 9.72. The number of hydrogen-bond donors (Lipinski definition) is 1. The molecule has 0 spiro atoms. The summed E-state index contributed by atoms with van der Waals surface area (Å²) in [7, 11) is 7.29. The van der Waals surface area contributed by atoms with Gasteiger partial charge in [0.1, 0.15) is 5.69 Å². The summed E-state index contributed by atoms with van der Waals surface area (Å²) in [5.74, 6) is 0.794. The highest BCUT2D eigenvalue weighted by Crippen LogP contribution is 2.35. The lowest BCUT2D eigenvalue weighted by atomic mass is 9.98. The molecule has 1 fully saturated rings. The summed E-state index contributed by atoms with van der Waals surface area (Å²) in [6.07, 6.45) is 4.37. The molecule has 1 saturated heterocycles. The molecule has 1 N–H and O–H groups in total. The second-order valence-corrected chi connectivity index (χ2v) is 7.18. The highest BCUT2D eigenvalue weighted by molar-refractivity contribution is 5.92. The van der Waals surface area contributed by atoms with Crippen LogP contribution in [-0.4, -0.2) is 45.9 Å². The number of likely N-dealkylation sites (tertiary alicyclic amines) is 1. The normalized spacial score (nSPS) is 17.9. The van der Waals surface area contributed by atoms with Gasteiger partial charge in [-0.15, -0.1) is 0 Å². The van der Waals surface area contributed by atoms with Crippen LogP contribution in [0.25, 0.3) is 0 Å². The zero-order chi connectivity index (χ0) is 19.6. The SMILES string of the molecule is CCc1nn(C)c(OC)c1CN1CCCCC1c1ccc(C(=O)NC)n1C. The summed E-state index contributed by atoms with van der Waals surface area (Å²) in [5.41, 5.74) is 4.16. The first-order valence-electron chi connectivity index (χ1n) is 9.72. The summed E-state index contributed by atoms with van der Waals surface area (Å²) in [5, 5.41) is 7.35. The zero-order valence-electron chi connectivity index (χ0n) is 17.1. The number of carbonyl (C=O) groups is 1. The number of ether oxygens (including phenoxy) is 1. The Morgan fingerprint density at radius 3 is 2.78 bits per heavy atom. The number of aryl methyl sites for hydroxylation is 2. The molecular formula is C20H31N5O2. The number of hydrogen-bond acceptors (Lipinski definition) is 4. The first-order chi connectivity index (χ1) is 13.0. The van der Waals surface area contributed by atoms with E-state index in [1.54, 1.807) is 14.2 Å². The van der Waals surface area contributed by atoms with Gasteiger partial charge >= 0.3 is 0 Å². The Labute approximate surface area is 161 Å². The summed E-state index contributed by atoms with van der Waals surface area (Å²) in [6.45, 7) is 3.98. The predicted molar refractivity (Wildman–Crippen MR) is 105 cm³/mol. The van der Waals surface area contributed by atoms with Crippen LogP contribution in [0.4, 0.5) is 0 Å². The van der Waals surface area contributed by atoms with Crippen molar-refractivity contribution < 1.29 is 9.53 Å². The molecule has 0 saturated carbocycles. The Balaban J connectivity index is 1.92. The van der Waals surface area contributed by atoms with Crippen LogP contribution < -0.4 is 10.1 Å². The largest absolute Gasteiger partial charge is 0.481 e. The second kappa shape index (κ2) is 8.17. The highest BCUT2D eigenvalue weighted by atomic mass is 16.5. The average molecular weight is 374 g/mol. The molecule has 1 aliphatic rings. The number of aromatic nitrogens is 3. The third kappa shape index (κ3) is 3.60. The Morgan fingerprint density at radius 2 is 2.11 bits per heavy atom. The summed E-state index contributed by atoms with van der Waals surface area (Å²) < 4.78 is 9.49. The van der Waals surface area contributed by atoms with Crippen LogP contribution in [0.1, 0.15) is 59.7 Å². The summed E-state index contributed by atoms with van der Waals surface area (Å²) in [4.78, 5) is 14.6. The van der Waals surface area contributed by atoms with E-state index < -0.39 is 0 Å². The Bertz CT molecular complexity index is 808. The molecule has 148 valence electrons. The molecule has 7 nitrogen and oxygen atoms in total. The van der Waals surface area contributed by atoms with Gasteiger partial charge in [0.05, 0.1) is 24.4 Å². The van der Waals surface area contributed by atoms with Gasteiger partial charge in [-0.05, 0) is 37.9 Å². The maximum Gasteiger partial charge on any atom is 0.267 e. The van der Waals surface area contributed by atoms with Crippen molar-refractivity contribution in [1.29, 1.82) is 0 Å². The van der Waals surface area contributed by atoms with Crippen molar-refractivity contribution >= 4 is 5.91 Å². The average Bonchev–Trinajstić information content (AvgIpc) is 3.21. The summed E-state index contributed by atoms with van der Waals surface area (Å²) >= 11 is 0. The minimum absolute atomic E-state index is 0.0479. The van der Waals surface area contributed by atoms with E-state index in [1.807, 2.05) is 29.4 Å². The van der Waals surface area contributed by atoms with Crippen LogP contribution in [0.2, 0.25) is 0 Å². The number of amides is 1. The van der Waals surface area contributed by atoms with Crippen molar-refractivity contribution in [2.75, 3.05) is 20.7 Å². The van der Waals surface area contributed by atoms with Crippen molar-refractivity contribution in [2.24, 2.45) is 14.1 Å². The van der Waals surface area contributed by atoms with Crippen molar-refractivity contribution in [2.45, 2.75) is 45.2 Å². The van der Waals surface area contributed by atoms with E-state index >= 15 is 0 Å². The Kier molecular flexibility index (Phi) is 5.89. The van der Waals surface area contributed by atoms with E-state index in [0.29, 0.717) is 5.69 Å². The van der Waals surface area contributed by atoms with Gasteiger partial charge in [-0.25, -0.2) is 4.68 Å². The van der Waals surface area contributed by atoms with Gasteiger partial charge in [-0.3, -0.25) is 9.69 Å². The zero-order valence-corrected chi connectivity index (χ0v) is 17.1. The summed E-state index contributed by atoms with van der Waals surface area (Å²) in [6, 6.07) is 4.30. The molecular weight excluding hydrogens is 342 g/mol. The molecule has 27 heavy (non-hydrogen) atoms. The molecule has 2 aromatic rings. The number of methoxy groups -OCH3 is 1. The minimum Gasteiger partial charge on any atom is -0.481 e. The molecule has 1 aliphatic heterocycles. The van der Waals surface area contributed by atoms with Gasteiger partial charge in [-0.1, -0.05) is 13.3 Å². The van der Waals surface area contributed by atoms with Crippen molar-refractivity contribution in [3.05, 3.63) is 34.8 Å². The van der Waals surface area contributed by atoms with Crippen LogP contribution >= 0.6 is 0 Å². The van der Waals surface area contributed by atoms with E-state index in [-0.39, 0.29) is 11.9 Å². The minimum atomic E-state index is -0.0479. The van der Waals surface area contributed by atoms with Gasteiger partial charge in [0.2, 0.25) is 5.88 Å². The quantitative estimate of drug-likeness (QED) is 0.845. The van der Waals surface area contributed by atoms with Gasteiger partial charge in [0.15, 0.2) is 0 Å². The highest BCUT2D eigenvalue weighted by Gasteiger charge is 2.29. The van der Waals surface area contributed by atoms with E-state index in [1.165, 1.54) is 24.1 Å². The standard InChI is InChI=1S/C20H31N5O2/c1-6-15-14(20(27-5)24(4)22-15)13-25-12-8-7-9-17(25)16-10-11-18(23(16)3)19(26)21-2/h10-11,17H,6-9,12-13H2,1-5H3,(H,21,26). The monoisotopic (exact) mass is 373 g/mol. The van der Waals surface area contributed by atoms with Crippen molar-refractivity contribution in [3.8, 4) is 5.88 Å². The lowest BCUT2D eigenvalue weighted by molar-refractivity contribution is 0.0952. The molecule has 3 heterocycles. The van der Waals surface area contributed by atoms with Gasteiger partial charge in [0, 0.05) is 33.4 Å². The predicted octanol–water partition coefficient (Wildman–Crippen LogP) is 2.42. The van der Waals surface area contributed by atoms with Crippen LogP contribution in [0, 0.1) is 0 Å². The first kappa shape index (κ1) is 19.5. The van der Waals surface area contributed by atoms with Crippen molar-refractivity contribution in [1.82, 2.24) is 24.6 Å². The fourth-order valence-electron chi connectivity index (χ4n) is 4.24. The van der Waals surface area contributed by atoms with E-state index in [9.17, 15) is 4.79 Å². The number of nitrogens with one attached hydrogen (secondary N) is 1. The van der Waals surface area contributed by atoms with E-state index in [4.69, 9.17) is 4.74 Å². The lowest BCUT2D eigenvalue weighted by Gasteiger charge is -2.36. The Morgan fingerprint density at radius 1 is 1.33 bits per heavy atom. The molecule has 0 radical (unpaired) electrons. The van der Waals surface area contributed by atoms with Crippen LogP contribution in [0.15, 0.2) is 12.1 Å². The maximum absolute atomic E-state index is 12.1. The van der Waals surface area contributed by atoms with Crippen LogP contribution in [0.5, 0.6) is 5.88 Å². The van der Waals surface area contributed by atoms with E-state index in [0.717, 1.165) is 37.5 Å². The molecule has 1 atom stereocenters. The second-order valence-electron chi connectivity index (χ2n) is 7.18. The number of rotatable bonds is 6. The maximum atomic E-state index is 12.1. The van der Waals surface area contributed by atoms with Gasteiger partial charge in [-0.2, -0.15) is 5.10 Å². The van der Waals surface area contributed by atoms with Crippen LogP contribution in [-0.2, 0) is 27.1 Å². The molecule has 0 aliphatic carbocycles. The number of nitrogens with zero attached hydrogens (tertiary/aromatic N) is 4. The molecule has 1 amide bonds. The number of carbonyl (C=O) groups excluding carboxylic acids is 1. The molecule has 0 bridgehead atoms. The van der Waals surface area contributed by atoms with E-state index in [2.05, 4.69) is 28.3 Å². The third-order valence-electron chi connectivity index (χ3n) is 5.64. The topological polar surface area (TPSA) is 64.3 Å². The smallest absolute Gasteiger partial charge is 0.267 e. The third-order valence-corrected chi connectivity index (χ3v) is 5.64. The number of piperidine rings is 1. The molecule has 2 aromatic heterocycles. The van der Waals surface area contributed by atoms with Gasteiger partial charge in [0.25, 0.3) is 5.91 Å². The molecule has 1 unspecified atom stereocenters. The fraction of sp³-hybridized carbons (Fsp3) is 0.600. The lowest BCUT2D eigenvalue weighted by Crippen LogP contribution is -2.34. The van der Waals surface area contributed by atoms with Gasteiger partial charge < -0.3 is 14.6 Å². The van der Waals surface area contributed by atoms with Crippen LogP contribution in [0.3, 0.4) is 0 Å².